The average molecular weight is 198 g/mol. The number of nitro groups is 1. The van der Waals surface area contributed by atoms with Gasteiger partial charge in [-0.25, -0.2) is 0 Å². The molecule has 0 aromatic heterocycles. The maximum absolute atomic E-state index is 11.2. The van der Waals surface area contributed by atoms with Gasteiger partial charge in [-0.05, 0) is 0 Å². The molecule has 6 heteroatoms. The first-order valence-corrected chi connectivity index (χ1v) is 3.67. The van der Waals surface area contributed by atoms with Crippen LogP contribution in [0.15, 0.2) is 12.1 Å². The standard InChI is InChI=1S/C8H8NO5/c1-13-7-4-6(10)8(14-2)3-5(7)9(11)12/h3-4H,1-2H3. The van der Waals surface area contributed by atoms with Gasteiger partial charge in [0.15, 0.2) is 5.75 Å². The van der Waals surface area contributed by atoms with Crippen LogP contribution in [0, 0.1) is 10.1 Å². The molecule has 0 bridgehead atoms. The highest BCUT2D eigenvalue weighted by Gasteiger charge is 2.19. The highest BCUT2D eigenvalue weighted by Crippen LogP contribution is 2.38. The Kier molecular flexibility index (Phi) is 2.76. The molecular weight excluding hydrogens is 190 g/mol. The molecule has 1 radical (unpaired) electrons. The Morgan fingerprint density at radius 2 is 1.79 bits per heavy atom. The van der Waals surface area contributed by atoms with Crippen LogP contribution in [0.4, 0.5) is 5.69 Å². The molecule has 0 heterocycles. The number of rotatable bonds is 3. The third-order valence-electron chi connectivity index (χ3n) is 1.66. The van der Waals surface area contributed by atoms with Gasteiger partial charge in [-0.1, -0.05) is 0 Å². The minimum atomic E-state index is -0.638. The number of nitro benzene ring substituents is 1. The summed E-state index contributed by atoms with van der Waals surface area (Å²) in [6.07, 6.45) is 0. The van der Waals surface area contributed by atoms with E-state index >= 15 is 0 Å². The summed E-state index contributed by atoms with van der Waals surface area (Å²) in [6, 6.07) is 2.07. The maximum Gasteiger partial charge on any atom is 0.314 e. The summed E-state index contributed by atoms with van der Waals surface area (Å²) < 4.78 is 9.35. The van der Waals surface area contributed by atoms with E-state index in [-0.39, 0.29) is 17.2 Å². The van der Waals surface area contributed by atoms with Crippen LogP contribution in [0.5, 0.6) is 17.2 Å². The van der Waals surface area contributed by atoms with Gasteiger partial charge in [-0.3, -0.25) is 15.2 Å². The molecule has 0 saturated carbocycles. The second-order valence-electron chi connectivity index (χ2n) is 2.43. The summed E-state index contributed by atoms with van der Waals surface area (Å²) in [5, 5.41) is 21.7. The van der Waals surface area contributed by atoms with E-state index in [1.165, 1.54) is 14.2 Å². The summed E-state index contributed by atoms with van der Waals surface area (Å²) in [6.45, 7) is 0. The van der Waals surface area contributed by atoms with E-state index < -0.39 is 10.7 Å². The third kappa shape index (κ3) is 1.68. The van der Waals surface area contributed by atoms with Gasteiger partial charge in [0.05, 0.1) is 25.2 Å². The van der Waals surface area contributed by atoms with Crippen molar-refractivity contribution in [2.45, 2.75) is 0 Å². The number of hydrogen-bond acceptors (Lipinski definition) is 4. The van der Waals surface area contributed by atoms with Crippen molar-refractivity contribution in [1.82, 2.24) is 0 Å². The minimum Gasteiger partial charge on any atom is -0.492 e. The highest BCUT2D eigenvalue weighted by molar-refractivity contribution is 5.57. The van der Waals surface area contributed by atoms with Gasteiger partial charge in [0.2, 0.25) is 11.5 Å². The lowest BCUT2D eigenvalue weighted by atomic mass is 10.2. The molecule has 0 fully saturated rings. The normalized spacial score (nSPS) is 9.57. The summed E-state index contributed by atoms with van der Waals surface area (Å²) >= 11 is 0. The summed E-state index contributed by atoms with van der Waals surface area (Å²) in [7, 11) is 2.53. The second-order valence-corrected chi connectivity index (χ2v) is 2.43. The van der Waals surface area contributed by atoms with Crippen molar-refractivity contribution in [3.63, 3.8) is 0 Å². The molecule has 0 N–H and O–H groups in total. The molecule has 0 aliphatic rings. The topological polar surface area (TPSA) is 81.5 Å². The fourth-order valence-electron chi connectivity index (χ4n) is 0.996. The molecule has 1 rings (SSSR count). The highest BCUT2D eigenvalue weighted by atomic mass is 16.6. The van der Waals surface area contributed by atoms with Gasteiger partial charge in [0, 0.05) is 6.07 Å². The molecule has 14 heavy (non-hydrogen) atoms. The van der Waals surface area contributed by atoms with E-state index in [2.05, 4.69) is 9.47 Å². The number of hydrogen-bond donors (Lipinski definition) is 0. The summed E-state index contributed by atoms with van der Waals surface area (Å²) in [5.41, 5.74) is -0.288. The Labute approximate surface area is 79.8 Å². The van der Waals surface area contributed by atoms with Crippen molar-refractivity contribution in [3.8, 4) is 17.2 Å². The first-order chi connectivity index (χ1) is 6.60. The Morgan fingerprint density at radius 1 is 1.21 bits per heavy atom. The molecule has 1 aromatic rings. The van der Waals surface area contributed by atoms with E-state index in [9.17, 15) is 15.2 Å². The molecule has 6 nitrogen and oxygen atoms in total. The van der Waals surface area contributed by atoms with Crippen LogP contribution in [0.2, 0.25) is 0 Å². The molecule has 0 spiro atoms. The zero-order valence-electron chi connectivity index (χ0n) is 7.64. The number of benzene rings is 1. The predicted octanol–water partition coefficient (Wildman–Crippen LogP) is 1.76. The van der Waals surface area contributed by atoms with Gasteiger partial charge in [-0.2, -0.15) is 0 Å². The number of methoxy groups -OCH3 is 2. The van der Waals surface area contributed by atoms with Gasteiger partial charge in [-0.15, -0.1) is 0 Å². The van der Waals surface area contributed by atoms with Gasteiger partial charge in [0.25, 0.3) is 0 Å². The molecule has 0 unspecified atom stereocenters. The van der Waals surface area contributed by atoms with Crippen molar-refractivity contribution in [3.05, 3.63) is 22.2 Å². The van der Waals surface area contributed by atoms with Crippen molar-refractivity contribution >= 4 is 5.69 Å². The quantitative estimate of drug-likeness (QED) is 0.547. The van der Waals surface area contributed by atoms with Crippen molar-refractivity contribution < 1.29 is 19.5 Å². The SMILES string of the molecule is COc1cc([N+](=O)[O-])c(OC)cc1[O]. The van der Waals surface area contributed by atoms with E-state index in [1.807, 2.05) is 0 Å². The predicted molar refractivity (Wildman–Crippen MR) is 46.3 cm³/mol. The van der Waals surface area contributed by atoms with Gasteiger partial charge in [0.1, 0.15) is 0 Å². The van der Waals surface area contributed by atoms with Crippen LogP contribution in [0.1, 0.15) is 0 Å². The molecule has 0 amide bonds. The Hall–Kier alpha value is -1.98. The van der Waals surface area contributed by atoms with Crippen LogP contribution in [0.3, 0.4) is 0 Å². The molecule has 0 aliphatic carbocycles. The van der Waals surface area contributed by atoms with E-state index in [0.717, 1.165) is 12.1 Å². The minimum absolute atomic E-state index is 0.0687. The second kappa shape index (κ2) is 3.82. The van der Waals surface area contributed by atoms with Crippen molar-refractivity contribution in [2.24, 2.45) is 0 Å². The van der Waals surface area contributed by atoms with Crippen molar-refractivity contribution in [2.75, 3.05) is 14.2 Å². The fourth-order valence-corrected chi connectivity index (χ4v) is 0.996. The van der Waals surface area contributed by atoms with Crippen LogP contribution in [0.25, 0.3) is 0 Å². The first kappa shape index (κ1) is 10.1. The molecule has 0 aliphatic heterocycles. The number of ether oxygens (including phenoxy) is 2. The Morgan fingerprint density at radius 3 is 2.21 bits per heavy atom. The van der Waals surface area contributed by atoms with Crippen LogP contribution in [-0.2, 0) is 5.11 Å². The van der Waals surface area contributed by atoms with E-state index in [4.69, 9.17) is 0 Å². The lowest BCUT2D eigenvalue weighted by molar-refractivity contribution is -0.385. The Balaban J connectivity index is 3.32. The lowest BCUT2D eigenvalue weighted by Crippen LogP contribution is -1.94. The fraction of sp³-hybridized carbons (Fsp3) is 0.250. The van der Waals surface area contributed by atoms with Gasteiger partial charge >= 0.3 is 5.69 Å². The maximum atomic E-state index is 11.2. The van der Waals surface area contributed by atoms with E-state index in [0.29, 0.717) is 0 Å². The van der Waals surface area contributed by atoms with Crippen molar-refractivity contribution in [1.29, 1.82) is 0 Å². The largest absolute Gasteiger partial charge is 0.492 e. The zero-order chi connectivity index (χ0) is 10.7. The van der Waals surface area contributed by atoms with Crippen LogP contribution >= 0.6 is 0 Å². The lowest BCUT2D eigenvalue weighted by Gasteiger charge is -2.04. The summed E-state index contributed by atoms with van der Waals surface area (Å²) in [5.74, 6) is -0.590. The zero-order valence-corrected chi connectivity index (χ0v) is 7.64. The average Bonchev–Trinajstić information content (AvgIpc) is 2.16. The summed E-state index contributed by atoms with van der Waals surface area (Å²) in [4.78, 5) is 9.89. The molecule has 0 atom stereocenters. The van der Waals surface area contributed by atoms with Crippen LogP contribution in [-0.4, -0.2) is 19.1 Å². The molecule has 0 saturated heterocycles. The van der Waals surface area contributed by atoms with Crippen LogP contribution < -0.4 is 9.47 Å². The third-order valence-corrected chi connectivity index (χ3v) is 1.66. The Bertz CT molecular complexity index is 363. The smallest absolute Gasteiger partial charge is 0.314 e. The van der Waals surface area contributed by atoms with E-state index in [1.54, 1.807) is 0 Å². The first-order valence-electron chi connectivity index (χ1n) is 3.67. The molecular formula is C8H8NO5. The van der Waals surface area contributed by atoms with Gasteiger partial charge < -0.3 is 9.47 Å². The monoisotopic (exact) mass is 198 g/mol. The molecule has 1 aromatic carbocycles. The molecule has 75 valence electrons. The number of nitrogens with zero attached hydrogens (tertiary/aromatic N) is 1.